The first-order valence-electron chi connectivity index (χ1n) is 7.27. The van der Waals surface area contributed by atoms with Crippen molar-refractivity contribution in [2.24, 2.45) is 10.2 Å². The molecule has 0 saturated heterocycles. The van der Waals surface area contributed by atoms with E-state index in [4.69, 9.17) is 0 Å². The third-order valence-corrected chi connectivity index (χ3v) is 3.43. The highest BCUT2D eigenvalue weighted by atomic mass is 16.3. The van der Waals surface area contributed by atoms with Gasteiger partial charge < -0.3 is 5.11 Å². The Bertz CT molecular complexity index is 806. The van der Waals surface area contributed by atoms with Crippen LogP contribution in [0, 0.1) is 0 Å². The fraction of sp³-hybridized carbons (Fsp3) is 0.235. The van der Waals surface area contributed by atoms with E-state index in [2.05, 4.69) is 29.1 Å². The number of benzene rings is 1. The third kappa shape index (κ3) is 2.76. The van der Waals surface area contributed by atoms with Gasteiger partial charge in [0.1, 0.15) is 5.65 Å². The number of azo groups is 1. The molecule has 0 radical (unpaired) electrons. The smallest absolute Gasteiger partial charge is 0.183 e. The molecule has 1 aromatic carbocycles. The summed E-state index contributed by atoms with van der Waals surface area (Å²) in [6, 6.07) is 13.4. The van der Waals surface area contributed by atoms with Crippen LogP contribution >= 0.6 is 0 Å². The number of hydrogen-bond acceptors (Lipinski definition) is 4. The Balaban J connectivity index is 2.12. The van der Waals surface area contributed by atoms with E-state index < -0.39 is 0 Å². The molecule has 3 rings (SSSR count). The van der Waals surface area contributed by atoms with Gasteiger partial charge in [-0.25, -0.2) is 4.98 Å². The molecule has 0 aliphatic heterocycles. The molecule has 2 aromatic heterocycles. The Labute approximate surface area is 129 Å². The van der Waals surface area contributed by atoms with Crippen molar-refractivity contribution in [1.29, 1.82) is 0 Å². The molecule has 0 aliphatic rings. The van der Waals surface area contributed by atoms with Crippen molar-refractivity contribution in [1.82, 2.24) is 9.38 Å². The highest BCUT2D eigenvalue weighted by molar-refractivity contribution is 5.54. The third-order valence-electron chi connectivity index (χ3n) is 3.43. The van der Waals surface area contributed by atoms with Gasteiger partial charge in [-0.3, -0.25) is 4.40 Å². The minimum atomic E-state index is -0.0135. The van der Waals surface area contributed by atoms with Gasteiger partial charge in [-0.2, -0.15) is 0 Å². The van der Waals surface area contributed by atoms with Crippen molar-refractivity contribution in [3.05, 3.63) is 59.9 Å². The Morgan fingerprint density at radius 2 is 1.86 bits per heavy atom. The lowest BCUT2D eigenvalue weighted by Crippen LogP contribution is -1.90. The minimum absolute atomic E-state index is 0.0135. The van der Waals surface area contributed by atoms with Crippen LogP contribution < -0.4 is 0 Å². The van der Waals surface area contributed by atoms with Gasteiger partial charge in [0.25, 0.3) is 0 Å². The Morgan fingerprint density at radius 3 is 2.55 bits per heavy atom. The molecule has 5 heteroatoms. The van der Waals surface area contributed by atoms with Crippen LogP contribution in [0.4, 0.5) is 11.5 Å². The number of aromatic nitrogens is 2. The Morgan fingerprint density at radius 1 is 1.09 bits per heavy atom. The van der Waals surface area contributed by atoms with Crippen LogP contribution in [0.5, 0.6) is 0 Å². The summed E-state index contributed by atoms with van der Waals surface area (Å²) in [7, 11) is 0. The topological polar surface area (TPSA) is 62.2 Å². The molecule has 0 spiro atoms. The summed E-state index contributed by atoms with van der Waals surface area (Å²) in [5.74, 6) is 0.950. The summed E-state index contributed by atoms with van der Waals surface area (Å²) in [5, 5.41) is 18.0. The average molecular weight is 294 g/mol. The van der Waals surface area contributed by atoms with Gasteiger partial charge in [0.15, 0.2) is 5.82 Å². The van der Waals surface area contributed by atoms with Gasteiger partial charge in [0.05, 0.1) is 18.0 Å². The van der Waals surface area contributed by atoms with Crippen molar-refractivity contribution < 1.29 is 5.11 Å². The summed E-state index contributed by atoms with van der Waals surface area (Å²) < 4.78 is 1.88. The second kappa shape index (κ2) is 6.07. The molecule has 0 amide bonds. The minimum Gasteiger partial charge on any atom is -0.392 e. The fourth-order valence-electron chi connectivity index (χ4n) is 2.27. The summed E-state index contributed by atoms with van der Waals surface area (Å²) in [4.78, 5) is 4.63. The lowest BCUT2D eigenvalue weighted by molar-refractivity contribution is 0.281. The molecule has 0 bridgehead atoms. The zero-order chi connectivity index (χ0) is 15.5. The molecular weight excluding hydrogens is 276 g/mol. The molecule has 0 atom stereocenters. The summed E-state index contributed by atoms with van der Waals surface area (Å²) in [6.07, 6.45) is 1.85. The number of nitrogens with zero attached hydrogens (tertiary/aromatic N) is 4. The Hall–Kier alpha value is -2.53. The van der Waals surface area contributed by atoms with E-state index >= 15 is 0 Å². The van der Waals surface area contributed by atoms with Crippen molar-refractivity contribution in [2.75, 3.05) is 0 Å². The first-order valence-corrected chi connectivity index (χ1v) is 7.27. The summed E-state index contributed by atoms with van der Waals surface area (Å²) >= 11 is 0. The predicted molar refractivity (Wildman–Crippen MR) is 85.8 cm³/mol. The number of aliphatic hydroxyl groups excluding tert-OH is 1. The number of rotatable bonds is 4. The Kier molecular flexibility index (Phi) is 3.98. The van der Waals surface area contributed by atoms with Gasteiger partial charge in [0, 0.05) is 6.20 Å². The van der Waals surface area contributed by atoms with Crippen LogP contribution in [-0.2, 0) is 6.61 Å². The number of aliphatic hydroxyl groups is 1. The standard InChI is InChI=1S/C17H18N4O/c1-12(2)16-17(20-19-14-6-4-3-5-7-14)21-10-13(11-22)8-9-15(21)18-16/h3-10,12,22H,11H2,1-2H3. The molecule has 112 valence electrons. The van der Waals surface area contributed by atoms with Crippen LogP contribution in [-0.4, -0.2) is 14.5 Å². The van der Waals surface area contributed by atoms with E-state index in [1.165, 1.54) is 0 Å². The van der Waals surface area contributed by atoms with Crippen molar-refractivity contribution in [3.63, 3.8) is 0 Å². The number of imidazole rings is 1. The lowest BCUT2D eigenvalue weighted by Gasteiger charge is -2.02. The van der Waals surface area contributed by atoms with Crippen LogP contribution in [0.25, 0.3) is 5.65 Å². The fourth-order valence-corrected chi connectivity index (χ4v) is 2.27. The molecule has 0 saturated carbocycles. The van der Waals surface area contributed by atoms with E-state index in [1.54, 1.807) is 0 Å². The zero-order valence-electron chi connectivity index (χ0n) is 12.6. The molecule has 22 heavy (non-hydrogen) atoms. The molecule has 3 aromatic rings. The second-order valence-corrected chi connectivity index (χ2v) is 5.43. The highest BCUT2D eigenvalue weighted by Gasteiger charge is 2.15. The number of pyridine rings is 1. The molecule has 0 fully saturated rings. The first kappa shape index (κ1) is 14.4. The van der Waals surface area contributed by atoms with E-state index in [0.29, 0.717) is 5.82 Å². The first-order chi connectivity index (χ1) is 10.7. The van der Waals surface area contributed by atoms with Gasteiger partial charge in [0.2, 0.25) is 0 Å². The maximum Gasteiger partial charge on any atom is 0.183 e. The lowest BCUT2D eigenvalue weighted by atomic mass is 10.1. The highest BCUT2D eigenvalue weighted by Crippen LogP contribution is 2.29. The molecular formula is C17H18N4O. The number of fused-ring (bicyclic) bond motifs is 1. The molecule has 0 unspecified atom stereocenters. The van der Waals surface area contributed by atoms with E-state index in [1.807, 2.05) is 53.1 Å². The van der Waals surface area contributed by atoms with Crippen LogP contribution in [0.15, 0.2) is 58.9 Å². The second-order valence-electron chi connectivity index (χ2n) is 5.43. The van der Waals surface area contributed by atoms with E-state index in [0.717, 1.165) is 22.6 Å². The quantitative estimate of drug-likeness (QED) is 0.726. The zero-order valence-corrected chi connectivity index (χ0v) is 12.6. The monoisotopic (exact) mass is 294 g/mol. The van der Waals surface area contributed by atoms with Crippen LogP contribution in [0.3, 0.4) is 0 Å². The largest absolute Gasteiger partial charge is 0.392 e. The molecule has 5 nitrogen and oxygen atoms in total. The summed E-state index contributed by atoms with van der Waals surface area (Å²) in [6.45, 7) is 4.15. The maximum atomic E-state index is 9.32. The predicted octanol–water partition coefficient (Wildman–Crippen LogP) is 4.37. The SMILES string of the molecule is CC(C)c1nc2ccc(CO)cn2c1N=Nc1ccccc1. The summed E-state index contributed by atoms with van der Waals surface area (Å²) in [5.41, 5.74) is 3.32. The van der Waals surface area contributed by atoms with Gasteiger partial charge in [-0.05, 0) is 29.7 Å². The normalized spacial score (nSPS) is 11.8. The van der Waals surface area contributed by atoms with Crippen molar-refractivity contribution in [3.8, 4) is 0 Å². The van der Waals surface area contributed by atoms with Crippen LogP contribution in [0.1, 0.15) is 31.0 Å². The van der Waals surface area contributed by atoms with E-state index in [9.17, 15) is 5.11 Å². The number of hydrogen-bond donors (Lipinski definition) is 1. The van der Waals surface area contributed by atoms with Gasteiger partial charge in [-0.1, -0.05) is 38.1 Å². The molecule has 0 aliphatic carbocycles. The maximum absolute atomic E-state index is 9.32. The van der Waals surface area contributed by atoms with Gasteiger partial charge in [-0.15, -0.1) is 10.2 Å². The van der Waals surface area contributed by atoms with Crippen molar-refractivity contribution >= 4 is 17.2 Å². The average Bonchev–Trinajstić information content (AvgIpc) is 2.91. The van der Waals surface area contributed by atoms with Crippen LogP contribution in [0.2, 0.25) is 0 Å². The van der Waals surface area contributed by atoms with Gasteiger partial charge >= 0.3 is 0 Å². The molecule has 2 heterocycles. The molecule has 1 N–H and O–H groups in total. The van der Waals surface area contributed by atoms with E-state index in [-0.39, 0.29) is 12.5 Å². The van der Waals surface area contributed by atoms with Crippen molar-refractivity contribution in [2.45, 2.75) is 26.4 Å².